The zero-order valence-electron chi connectivity index (χ0n) is 11.0. The van der Waals surface area contributed by atoms with Crippen molar-refractivity contribution >= 4 is 29.4 Å². The Balaban J connectivity index is 2.46. The highest BCUT2D eigenvalue weighted by Crippen LogP contribution is 2.19. The third-order valence-electron chi connectivity index (χ3n) is 2.55. The highest BCUT2D eigenvalue weighted by Gasteiger charge is 2.09. The Hall–Kier alpha value is -1.69. The summed E-state index contributed by atoms with van der Waals surface area (Å²) in [7, 11) is 1.65. The van der Waals surface area contributed by atoms with Gasteiger partial charge in [0, 0.05) is 30.6 Å². The molecule has 0 aliphatic heterocycles. The largest absolute Gasteiger partial charge is 0.481 e. The zero-order valence-corrected chi connectivity index (χ0v) is 11.9. The predicted molar refractivity (Wildman–Crippen MR) is 76.7 cm³/mol. The number of hydrogen-bond donors (Lipinski definition) is 2. The van der Waals surface area contributed by atoms with E-state index in [0.717, 1.165) is 10.6 Å². The number of carbonyl (C=O) groups excluding carboxylic acids is 1. The minimum atomic E-state index is -0.846. The summed E-state index contributed by atoms with van der Waals surface area (Å²) < 4.78 is 0. The van der Waals surface area contributed by atoms with Crippen LogP contribution in [0.5, 0.6) is 0 Å². The summed E-state index contributed by atoms with van der Waals surface area (Å²) in [5.74, 6) is -0.846. The third kappa shape index (κ3) is 5.65. The van der Waals surface area contributed by atoms with Crippen LogP contribution >= 0.6 is 11.8 Å². The fourth-order valence-electron chi connectivity index (χ4n) is 1.49. The lowest BCUT2D eigenvalue weighted by Crippen LogP contribution is -2.32. The summed E-state index contributed by atoms with van der Waals surface area (Å²) in [5, 5.41) is 11.3. The molecule has 0 aromatic heterocycles. The van der Waals surface area contributed by atoms with Gasteiger partial charge < -0.3 is 15.3 Å². The maximum absolute atomic E-state index is 11.8. The molecule has 0 heterocycles. The van der Waals surface area contributed by atoms with Gasteiger partial charge in [-0.1, -0.05) is 6.07 Å². The van der Waals surface area contributed by atoms with Crippen LogP contribution in [0.3, 0.4) is 0 Å². The number of hydrogen-bond acceptors (Lipinski definition) is 3. The molecule has 0 atom stereocenters. The number of carboxylic acids is 1. The molecule has 0 bridgehead atoms. The van der Waals surface area contributed by atoms with Crippen LogP contribution in [-0.2, 0) is 4.79 Å². The van der Waals surface area contributed by atoms with Gasteiger partial charge >= 0.3 is 12.0 Å². The lowest BCUT2D eigenvalue weighted by atomic mass is 10.3. The minimum absolute atomic E-state index is 0.0690. The van der Waals surface area contributed by atoms with E-state index >= 15 is 0 Å². The number of carbonyl (C=O) groups is 2. The molecule has 0 aliphatic rings. The quantitative estimate of drug-likeness (QED) is 0.787. The summed E-state index contributed by atoms with van der Waals surface area (Å²) in [5.41, 5.74) is 0.738. The second-order valence-electron chi connectivity index (χ2n) is 4.08. The fraction of sp³-hybridized carbons (Fsp3) is 0.385. The first-order chi connectivity index (χ1) is 9.02. The van der Waals surface area contributed by atoms with Crippen LogP contribution < -0.4 is 5.32 Å². The lowest BCUT2D eigenvalue weighted by molar-refractivity contribution is -0.137. The van der Waals surface area contributed by atoms with E-state index in [2.05, 4.69) is 5.32 Å². The second-order valence-corrected chi connectivity index (χ2v) is 4.96. The maximum atomic E-state index is 11.8. The molecule has 0 radical (unpaired) electrons. The molecule has 0 unspecified atom stereocenters. The van der Waals surface area contributed by atoms with Crippen molar-refractivity contribution in [2.75, 3.05) is 25.2 Å². The number of anilines is 1. The minimum Gasteiger partial charge on any atom is -0.481 e. The molecule has 2 amide bonds. The number of nitrogens with zero attached hydrogens (tertiary/aromatic N) is 1. The van der Waals surface area contributed by atoms with Gasteiger partial charge in [-0.3, -0.25) is 4.79 Å². The molecule has 1 aromatic carbocycles. The second kappa shape index (κ2) is 7.68. The molecular weight excluding hydrogens is 264 g/mol. The Labute approximate surface area is 117 Å². The van der Waals surface area contributed by atoms with E-state index in [0.29, 0.717) is 13.0 Å². The summed E-state index contributed by atoms with van der Waals surface area (Å²) in [6, 6.07) is 7.34. The molecule has 0 saturated heterocycles. The first kappa shape index (κ1) is 15.4. The van der Waals surface area contributed by atoms with Gasteiger partial charge in [-0.25, -0.2) is 4.79 Å². The number of carboxylic acid groups (broad SMARTS) is 1. The average molecular weight is 282 g/mol. The SMILES string of the molecule is CSc1cccc(NC(=O)N(C)CCCC(=O)O)c1. The Kier molecular flexibility index (Phi) is 6.21. The Morgan fingerprint density at radius 1 is 1.42 bits per heavy atom. The standard InChI is InChI=1S/C13H18N2O3S/c1-15(8-4-7-12(16)17)13(18)14-10-5-3-6-11(9-10)19-2/h3,5-6,9H,4,7-8H2,1-2H3,(H,14,18)(H,16,17). The van der Waals surface area contributed by atoms with E-state index in [1.165, 1.54) is 4.90 Å². The zero-order chi connectivity index (χ0) is 14.3. The lowest BCUT2D eigenvalue weighted by Gasteiger charge is -2.17. The molecule has 0 aliphatic carbocycles. The molecule has 0 fully saturated rings. The Bertz CT molecular complexity index is 451. The van der Waals surface area contributed by atoms with Gasteiger partial charge in [0.05, 0.1) is 0 Å². The molecule has 5 nitrogen and oxygen atoms in total. The normalized spacial score (nSPS) is 10.0. The van der Waals surface area contributed by atoms with Crippen LogP contribution in [0.15, 0.2) is 29.2 Å². The number of thioether (sulfide) groups is 1. The van der Waals surface area contributed by atoms with Crippen LogP contribution in [-0.4, -0.2) is 41.9 Å². The van der Waals surface area contributed by atoms with Gasteiger partial charge in [0.15, 0.2) is 0 Å². The number of benzene rings is 1. The van der Waals surface area contributed by atoms with Crippen LogP contribution in [0.2, 0.25) is 0 Å². The molecular formula is C13H18N2O3S. The van der Waals surface area contributed by atoms with Crippen LogP contribution in [0.25, 0.3) is 0 Å². The Morgan fingerprint density at radius 3 is 2.79 bits per heavy atom. The van der Waals surface area contributed by atoms with Gasteiger partial charge in [0.25, 0.3) is 0 Å². The van der Waals surface area contributed by atoms with E-state index in [4.69, 9.17) is 5.11 Å². The number of nitrogens with one attached hydrogen (secondary N) is 1. The highest BCUT2D eigenvalue weighted by atomic mass is 32.2. The van der Waals surface area contributed by atoms with E-state index < -0.39 is 5.97 Å². The van der Waals surface area contributed by atoms with E-state index in [-0.39, 0.29) is 12.5 Å². The van der Waals surface area contributed by atoms with Crippen molar-refractivity contribution in [2.45, 2.75) is 17.7 Å². The Morgan fingerprint density at radius 2 is 2.16 bits per heavy atom. The van der Waals surface area contributed by atoms with Gasteiger partial charge in [0.1, 0.15) is 0 Å². The van der Waals surface area contributed by atoms with Gasteiger partial charge in [-0.15, -0.1) is 11.8 Å². The molecule has 2 N–H and O–H groups in total. The van der Waals surface area contributed by atoms with Crippen molar-refractivity contribution in [3.8, 4) is 0 Å². The number of urea groups is 1. The molecule has 1 aromatic rings. The predicted octanol–water partition coefficient (Wildman–Crippen LogP) is 2.74. The van der Waals surface area contributed by atoms with E-state index in [9.17, 15) is 9.59 Å². The van der Waals surface area contributed by atoms with Crippen molar-refractivity contribution in [2.24, 2.45) is 0 Å². The number of amides is 2. The summed E-state index contributed by atoms with van der Waals surface area (Å²) >= 11 is 1.61. The first-order valence-corrected chi connectivity index (χ1v) is 7.13. The summed E-state index contributed by atoms with van der Waals surface area (Å²) in [6.07, 6.45) is 2.49. The van der Waals surface area contributed by atoms with E-state index in [1.54, 1.807) is 18.8 Å². The smallest absolute Gasteiger partial charge is 0.321 e. The van der Waals surface area contributed by atoms with Gasteiger partial charge in [-0.05, 0) is 30.9 Å². The molecule has 0 spiro atoms. The van der Waals surface area contributed by atoms with Crippen LogP contribution in [0, 0.1) is 0 Å². The van der Waals surface area contributed by atoms with E-state index in [1.807, 2.05) is 30.5 Å². The molecule has 0 saturated carbocycles. The van der Waals surface area contributed by atoms with Crippen molar-refractivity contribution in [1.82, 2.24) is 4.90 Å². The molecule has 19 heavy (non-hydrogen) atoms. The fourth-order valence-corrected chi connectivity index (χ4v) is 1.95. The summed E-state index contributed by atoms with van der Waals surface area (Å²) in [4.78, 5) is 24.8. The number of rotatable bonds is 6. The van der Waals surface area contributed by atoms with Crippen molar-refractivity contribution in [1.29, 1.82) is 0 Å². The molecule has 6 heteroatoms. The monoisotopic (exact) mass is 282 g/mol. The highest BCUT2D eigenvalue weighted by molar-refractivity contribution is 7.98. The van der Waals surface area contributed by atoms with Crippen molar-refractivity contribution in [3.05, 3.63) is 24.3 Å². The third-order valence-corrected chi connectivity index (χ3v) is 3.28. The van der Waals surface area contributed by atoms with Crippen molar-refractivity contribution in [3.63, 3.8) is 0 Å². The average Bonchev–Trinajstić information content (AvgIpc) is 2.38. The van der Waals surface area contributed by atoms with Gasteiger partial charge in [-0.2, -0.15) is 0 Å². The molecule has 1 rings (SSSR count). The summed E-state index contributed by atoms with van der Waals surface area (Å²) in [6.45, 7) is 0.417. The van der Waals surface area contributed by atoms with Crippen LogP contribution in [0.4, 0.5) is 10.5 Å². The van der Waals surface area contributed by atoms with Gasteiger partial charge in [0.2, 0.25) is 0 Å². The van der Waals surface area contributed by atoms with Crippen molar-refractivity contribution < 1.29 is 14.7 Å². The first-order valence-electron chi connectivity index (χ1n) is 5.91. The number of aliphatic carboxylic acids is 1. The topological polar surface area (TPSA) is 69.6 Å². The molecule has 104 valence electrons. The van der Waals surface area contributed by atoms with Crippen LogP contribution in [0.1, 0.15) is 12.8 Å². The maximum Gasteiger partial charge on any atom is 0.321 e.